The zero-order valence-corrected chi connectivity index (χ0v) is 7.79. The van der Waals surface area contributed by atoms with Crippen molar-refractivity contribution in [2.24, 2.45) is 0 Å². The number of aromatic carboxylic acids is 1. The number of hydrogen-bond donors (Lipinski definition) is 2. The second kappa shape index (κ2) is 3.10. The molecule has 1 rings (SSSR count). The van der Waals surface area contributed by atoms with Gasteiger partial charge in [0.05, 0.1) is 10.2 Å². The monoisotopic (exact) mass is 231 g/mol. The highest BCUT2D eigenvalue weighted by molar-refractivity contribution is 9.10. The SMILES string of the molecule is Cc1ncc(Br)c(C(=O)O)c1O. The van der Waals surface area contributed by atoms with Gasteiger partial charge in [-0.1, -0.05) is 0 Å². The van der Waals surface area contributed by atoms with Gasteiger partial charge in [-0.2, -0.15) is 0 Å². The highest BCUT2D eigenvalue weighted by Crippen LogP contribution is 2.26. The Bertz CT molecular complexity index is 338. The Morgan fingerprint density at radius 1 is 1.67 bits per heavy atom. The first-order valence-corrected chi connectivity index (χ1v) is 3.90. The first-order valence-electron chi connectivity index (χ1n) is 3.11. The molecular formula is C7H6BrNO3. The third-order valence-electron chi connectivity index (χ3n) is 1.40. The average molecular weight is 232 g/mol. The van der Waals surface area contributed by atoms with Crippen LogP contribution < -0.4 is 0 Å². The first-order chi connectivity index (χ1) is 5.54. The fourth-order valence-electron chi connectivity index (χ4n) is 0.777. The van der Waals surface area contributed by atoms with Crippen molar-refractivity contribution in [1.82, 2.24) is 4.98 Å². The molecule has 0 aliphatic carbocycles. The van der Waals surface area contributed by atoms with Gasteiger partial charge in [-0.15, -0.1) is 0 Å². The number of rotatable bonds is 1. The van der Waals surface area contributed by atoms with Gasteiger partial charge in [0.25, 0.3) is 0 Å². The van der Waals surface area contributed by atoms with E-state index in [9.17, 15) is 9.90 Å². The van der Waals surface area contributed by atoms with Gasteiger partial charge in [0.2, 0.25) is 0 Å². The first kappa shape index (κ1) is 8.99. The Morgan fingerprint density at radius 2 is 2.25 bits per heavy atom. The zero-order chi connectivity index (χ0) is 9.30. The Balaban J connectivity index is 3.43. The summed E-state index contributed by atoms with van der Waals surface area (Å²) in [6.07, 6.45) is 1.35. The van der Waals surface area contributed by atoms with Gasteiger partial charge < -0.3 is 10.2 Å². The molecule has 1 heterocycles. The number of nitrogens with zero attached hydrogens (tertiary/aromatic N) is 1. The molecule has 0 aliphatic heterocycles. The maximum Gasteiger partial charge on any atom is 0.340 e. The molecule has 0 spiro atoms. The van der Waals surface area contributed by atoms with Crippen molar-refractivity contribution >= 4 is 21.9 Å². The minimum atomic E-state index is -1.18. The van der Waals surface area contributed by atoms with Crippen LogP contribution in [0.4, 0.5) is 0 Å². The molecule has 2 N–H and O–H groups in total. The molecule has 0 saturated carbocycles. The van der Waals surface area contributed by atoms with Gasteiger partial charge in [0.15, 0.2) is 5.75 Å². The van der Waals surface area contributed by atoms with Gasteiger partial charge >= 0.3 is 5.97 Å². The van der Waals surface area contributed by atoms with Gasteiger partial charge in [-0.25, -0.2) is 4.79 Å². The van der Waals surface area contributed by atoms with Crippen LogP contribution in [-0.4, -0.2) is 21.2 Å². The van der Waals surface area contributed by atoms with Gasteiger partial charge in [0, 0.05) is 6.20 Å². The molecule has 64 valence electrons. The number of carbonyl (C=O) groups is 1. The highest BCUT2D eigenvalue weighted by Gasteiger charge is 2.16. The largest absolute Gasteiger partial charge is 0.505 e. The maximum absolute atomic E-state index is 10.6. The average Bonchev–Trinajstić information content (AvgIpc) is 1.97. The Morgan fingerprint density at radius 3 is 2.67 bits per heavy atom. The lowest BCUT2D eigenvalue weighted by molar-refractivity contribution is 0.0692. The molecule has 0 unspecified atom stereocenters. The van der Waals surface area contributed by atoms with Crippen molar-refractivity contribution in [3.63, 3.8) is 0 Å². The lowest BCUT2D eigenvalue weighted by Crippen LogP contribution is -2.00. The molecule has 12 heavy (non-hydrogen) atoms. The lowest BCUT2D eigenvalue weighted by atomic mass is 10.2. The van der Waals surface area contributed by atoms with E-state index >= 15 is 0 Å². The number of halogens is 1. The summed E-state index contributed by atoms with van der Waals surface area (Å²) in [4.78, 5) is 14.3. The topological polar surface area (TPSA) is 70.4 Å². The van der Waals surface area contributed by atoms with E-state index < -0.39 is 5.97 Å². The summed E-state index contributed by atoms with van der Waals surface area (Å²) < 4.78 is 0.276. The molecule has 1 aromatic rings. The van der Waals surface area contributed by atoms with Crippen LogP contribution in [0.1, 0.15) is 16.1 Å². The van der Waals surface area contributed by atoms with E-state index in [2.05, 4.69) is 20.9 Å². The normalized spacial score (nSPS) is 9.83. The summed E-state index contributed by atoms with van der Waals surface area (Å²) in [5.41, 5.74) is 0.151. The van der Waals surface area contributed by atoms with Crippen LogP contribution in [0.2, 0.25) is 0 Å². The molecule has 0 bridgehead atoms. The number of aromatic nitrogens is 1. The molecule has 0 atom stereocenters. The third-order valence-corrected chi connectivity index (χ3v) is 2.00. The van der Waals surface area contributed by atoms with Crippen LogP contribution in [0.5, 0.6) is 5.75 Å². The van der Waals surface area contributed by atoms with Gasteiger partial charge in [0.1, 0.15) is 5.56 Å². The predicted octanol–water partition coefficient (Wildman–Crippen LogP) is 1.56. The van der Waals surface area contributed by atoms with E-state index in [1.807, 2.05) is 0 Å². The molecule has 0 saturated heterocycles. The maximum atomic E-state index is 10.6. The number of carboxylic acid groups (broad SMARTS) is 1. The second-order valence-electron chi connectivity index (χ2n) is 2.22. The van der Waals surface area contributed by atoms with Crippen LogP contribution in [-0.2, 0) is 0 Å². The van der Waals surface area contributed by atoms with E-state index in [-0.39, 0.29) is 15.8 Å². The Kier molecular flexibility index (Phi) is 2.32. The predicted molar refractivity (Wildman–Crippen MR) is 45.3 cm³/mol. The van der Waals surface area contributed by atoms with E-state index in [0.29, 0.717) is 5.69 Å². The second-order valence-corrected chi connectivity index (χ2v) is 3.07. The van der Waals surface area contributed by atoms with Crippen molar-refractivity contribution in [2.75, 3.05) is 0 Å². The minimum absolute atomic E-state index is 0.150. The zero-order valence-electron chi connectivity index (χ0n) is 6.21. The number of carboxylic acids is 1. The molecule has 1 aromatic heterocycles. The van der Waals surface area contributed by atoms with Crippen LogP contribution in [0.25, 0.3) is 0 Å². The summed E-state index contributed by atoms with van der Waals surface area (Å²) in [6.45, 7) is 1.54. The quantitative estimate of drug-likeness (QED) is 0.770. The third kappa shape index (κ3) is 1.40. The van der Waals surface area contributed by atoms with Crippen LogP contribution in [0.15, 0.2) is 10.7 Å². The number of hydrogen-bond acceptors (Lipinski definition) is 3. The lowest BCUT2D eigenvalue weighted by Gasteiger charge is -2.03. The smallest absolute Gasteiger partial charge is 0.340 e. The minimum Gasteiger partial charge on any atom is -0.505 e. The molecule has 0 aliphatic rings. The van der Waals surface area contributed by atoms with E-state index in [4.69, 9.17) is 5.11 Å². The summed E-state index contributed by atoms with van der Waals surface area (Å²) in [5, 5.41) is 17.9. The fourth-order valence-corrected chi connectivity index (χ4v) is 1.24. The van der Waals surface area contributed by atoms with E-state index in [0.717, 1.165) is 0 Å². The Labute approximate surface area is 77.0 Å². The van der Waals surface area contributed by atoms with Crippen molar-refractivity contribution in [3.05, 3.63) is 21.9 Å². The van der Waals surface area contributed by atoms with Crippen molar-refractivity contribution in [3.8, 4) is 5.75 Å². The van der Waals surface area contributed by atoms with Crippen LogP contribution >= 0.6 is 15.9 Å². The van der Waals surface area contributed by atoms with Crippen molar-refractivity contribution in [2.45, 2.75) is 6.92 Å². The Hall–Kier alpha value is -1.10. The molecule has 0 fully saturated rings. The molecule has 0 aromatic carbocycles. The van der Waals surface area contributed by atoms with Crippen LogP contribution in [0, 0.1) is 6.92 Å². The molecular weight excluding hydrogens is 226 g/mol. The van der Waals surface area contributed by atoms with Gasteiger partial charge in [-0.05, 0) is 22.9 Å². The fraction of sp³-hybridized carbons (Fsp3) is 0.143. The van der Waals surface area contributed by atoms with Crippen molar-refractivity contribution < 1.29 is 15.0 Å². The highest BCUT2D eigenvalue weighted by atomic mass is 79.9. The van der Waals surface area contributed by atoms with Gasteiger partial charge in [-0.3, -0.25) is 4.98 Å². The summed E-state index contributed by atoms with van der Waals surface area (Å²) in [6, 6.07) is 0. The number of aromatic hydroxyl groups is 1. The van der Waals surface area contributed by atoms with Crippen LogP contribution in [0.3, 0.4) is 0 Å². The standard InChI is InChI=1S/C7H6BrNO3/c1-3-6(10)5(7(11)12)4(8)2-9-3/h2,10H,1H3,(H,11,12). The number of aryl methyl sites for hydroxylation is 1. The van der Waals surface area contributed by atoms with E-state index in [1.54, 1.807) is 0 Å². The van der Waals surface area contributed by atoms with E-state index in [1.165, 1.54) is 13.1 Å². The molecule has 5 heteroatoms. The van der Waals surface area contributed by atoms with Crippen molar-refractivity contribution in [1.29, 1.82) is 0 Å². The molecule has 0 radical (unpaired) electrons. The molecule has 0 amide bonds. The summed E-state index contributed by atoms with van der Waals surface area (Å²) >= 11 is 2.98. The summed E-state index contributed by atoms with van der Waals surface area (Å²) in [5.74, 6) is -1.47. The molecule has 4 nitrogen and oxygen atoms in total. The summed E-state index contributed by atoms with van der Waals surface area (Å²) in [7, 11) is 0. The number of pyridine rings is 1.